The molecule has 0 aliphatic carbocycles. The van der Waals surface area contributed by atoms with Crippen molar-refractivity contribution in [3.63, 3.8) is 0 Å². The molecule has 0 bridgehead atoms. The SMILES string of the molecule is NC(=O)CCOCC1CCOC1. The zero-order valence-corrected chi connectivity index (χ0v) is 7.12. The molecule has 0 spiro atoms. The molecule has 0 aromatic rings. The van der Waals surface area contributed by atoms with E-state index in [0.29, 0.717) is 25.6 Å². The molecule has 12 heavy (non-hydrogen) atoms. The van der Waals surface area contributed by atoms with Crippen LogP contribution in [0.2, 0.25) is 0 Å². The van der Waals surface area contributed by atoms with Crippen LogP contribution in [0, 0.1) is 5.92 Å². The first-order chi connectivity index (χ1) is 5.79. The highest BCUT2D eigenvalue weighted by Gasteiger charge is 2.15. The van der Waals surface area contributed by atoms with Gasteiger partial charge in [0.25, 0.3) is 0 Å². The summed E-state index contributed by atoms with van der Waals surface area (Å²) in [5.74, 6) is 0.204. The Hall–Kier alpha value is -0.610. The standard InChI is InChI=1S/C8H15NO3/c9-8(10)2-4-12-6-7-1-3-11-5-7/h7H,1-6H2,(H2,9,10). The van der Waals surface area contributed by atoms with E-state index in [4.69, 9.17) is 15.2 Å². The summed E-state index contributed by atoms with van der Waals surface area (Å²) in [5.41, 5.74) is 4.94. The van der Waals surface area contributed by atoms with Gasteiger partial charge in [0.1, 0.15) is 0 Å². The van der Waals surface area contributed by atoms with Crippen LogP contribution in [-0.2, 0) is 14.3 Å². The molecule has 0 radical (unpaired) electrons. The van der Waals surface area contributed by atoms with E-state index in [1.165, 1.54) is 0 Å². The number of primary amides is 1. The van der Waals surface area contributed by atoms with Gasteiger partial charge in [-0.25, -0.2) is 0 Å². The van der Waals surface area contributed by atoms with Gasteiger partial charge in [-0.3, -0.25) is 4.79 Å². The van der Waals surface area contributed by atoms with Crippen molar-refractivity contribution < 1.29 is 14.3 Å². The van der Waals surface area contributed by atoms with Crippen LogP contribution in [-0.4, -0.2) is 32.3 Å². The van der Waals surface area contributed by atoms with E-state index >= 15 is 0 Å². The molecule has 70 valence electrons. The molecular formula is C8H15NO3. The summed E-state index contributed by atoms with van der Waals surface area (Å²) in [4.78, 5) is 10.3. The molecule has 1 fully saturated rings. The van der Waals surface area contributed by atoms with E-state index in [9.17, 15) is 4.79 Å². The van der Waals surface area contributed by atoms with E-state index in [0.717, 1.165) is 19.6 Å². The molecule has 1 aliphatic heterocycles. The van der Waals surface area contributed by atoms with Gasteiger partial charge >= 0.3 is 0 Å². The van der Waals surface area contributed by atoms with Crippen LogP contribution in [0.25, 0.3) is 0 Å². The minimum atomic E-state index is -0.308. The Kier molecular flexibility index (Phi) is 4.04. The van der Waals surface area contributed by atoms with Gasteiger partial charge in [-0.2, -0.15) is 0 Å². The summed E-state index contributed by atoms with van der Waals surface area (Å²) < 4.78 is 10.4. The van der Waals surface area contributed by atoms with Gasteiger partial charge in [0.2, 0.25) is 5.91 Å². The highest BCUT2D eigenvalue weighted by Crippen LogP contribution is 2.11. The smallest absolute Gasteiger partial charge is 0.219 e. The lowest BCUT2D eigenvalue weighted by Gasteiger charge is -2.06. The second-order valence-corrected chi connectivity index (χ2v) is 3.02. The maximum atomic E-state index is 10.3. The molecule has 1 rings (SSSR count). The van der Waals surface area contributed by atoms with Crippen LogP contribution in [0.15, 0.2) is 0 Å². The molecule has 4 nitrogen and oxygen atoms in total. The fourth-order valence-electron chi connectivity index (χ4n) is 1.14. The summed E-state index contributed by atoms with van der Waals surface area (Å²) in [6.45, 7) is 2.75. The lowest BCUT2D eigenvalue weighted by atomic mass is 10.1. The largest absolute Gasteiger partial charge is 0.381 e. The maximum absolute atomic E-state index is 10.3. The third-order valence-electron chi connectivity index (χ3n) is 1.87. The second-order valence-electron chi connectivity index (χ2n) is 3.02. The predicted molar refractivity (Wildman–Crippen MR) is 43.6 cm³/mol. The van der Waals surface area contributed by atoms with Crippen molar-refractivity contribution in [2.45, 2.75) is 12.8 Å². The number of carbonyl (C=O) groups is 1. The molecule has 1 saturated heterocycles. The van der Waals surface area contributed by atoms with Gasteiger partial charge < -0.3 is 15.2 Å². The fraction of sp³-hybridized carbons (Fsp3) is 0.875. The van der Waals surface area contributed by atoms with Gasteiger partial charge in [0, 0.05) is 18.9 Å². The number of nitrogens with two attached hydrogens (primary N) is 1. The first kappa shape index (κ1) is 9.48. The lowest BCUT2D eigenvalue weighted by Crippen LogP contribution is -2.16. The quantitative estimate of drug-likeness (QED) is 0.591. The van der Waals surface area contributed by atoms with Crippen molar-refractivity contribution in [1.29, 1.82) is 0 Å². The predicted octanol–water partition coefficient (Wildman–Crippen LogP) is -0.0851. The number of rotatable bonds is 5. The topological polar surface area (TPSA) is 61.6 Å². The first-order valence-corrected chi connectivity index (χ1v) is 4.23. The Morgan fingerprint density at radius 2 is 2.50 bits per heavy atom. The molecule has 1 atom stereocenters. The zero-order valence-electron chi connectivity index (χ0n) is 7.12. The van der Waals surface area contributed by atoms with Crippen LogP contribution in [0.4, 0.5) is 0 Å². The normalized spacial score (nSPS) is 22.8. The molecule has 1 heterocycles. The van der Waals surface area contributed by atoms with Crippen LogP contribution in [0.1, 0.15) is 12.8 Å². The molecule has 0 aromatic carbocycles. The zero-order chi connectivity index (χ0) is 8.81. The molecule has 1 unspecified atom stereocenters. The van der Waals surface area contributed by atoms with Gasteiger partial charge in [0.15, 0.2) is 0 Å². The highest BCUT2D eigenvalue weighted by molar-refractivity contribution is 5.73. The molecule has 1 amide bonds. The van der Waals surface area contributed by atoms with Gasteiger partial charge in [-0.15, -0.1) is 0 Å². The molecular weight excluding hydrogens is 158 g/mol. The summed E-state index contributed by atoms with van der Waals surface area (Å²) in [6, 6.07) is 0. The maximum Gasteiger partial charge on any atom is 0.219 e. The summed E-state index contributed by atoms with van der Waals surface area (Å²) in [5, 5.41) is 0. The minimum Gasteiger partial charge on any atom is -0.381 e. The molecule has 2 N–H and O–H groups in total. The van der Waals surface area contributed by atoms with Crippen molar-refractivity contribution in [2.75, 3.05) is 26.4 Å². The monoisotopic (exact) mass is 173 g/mol. The van der Waals surface area contributed by atoms with Crippen molar-refractivity contribution in [2.24, 2.45) is 11.7 Å². The Morgan fingerprint density at radius 3 is 3.08 bits per heavy atom. The molecule has 4 heteroatoms. The summed E-state index contributed by atoms with van der Waals surface area (Å²) in [6.07, 6.45) is 1.38. The van der Waals surface area contributed by atoms with E-state index in [1.807, 2.05) is 0 Å². The third-order valence-corrected chi connectivity index (χ3v) is 1.87. The fourth-order valence-corrected chi connectivity index (χ4v) is 1.14. The Bertz CT molecular complexity index is 143. The van der Waals surface area contributed by atoms with Crippen molar-refractivity contribution in [3.05, 3.63) is 0 Å². The van der Waals surface area contributed by atoms with Crippen LogP contribution < -0.4 is 5.73 Å². The second kappa shape index (κ2) is 5.11. The summed E-state index contributed by atoms with van der Waals surface area (Å²) >= 11 is 0. The van der Waals surface area contributed by atoms with Gasteiger partial charge in [0.05, 0.1) is 19.8 Å². The van der Waals surface area contributed by atoms with E-state index in [-0.39, 0.29) is 5.91 Å². The minimum absolute atomic E-state index is 0.308. The van der Waals surface area contributed by atoms with E-state index in [2.05, 4.69) is 0 Å². The van der Waals surface area contributed by atoms with Gasteiger partial charge in [-0.1, -0.05) is 0 Å². The first-order valence-electron chi connectivity index (χ1n) is 4.23. The Labute approximate surface area is 72.0 Å². The number of carbonyl (C=O) groups excluding carboxylic acids is 1. The molecule has 1 aliphatic rings. The van der Waals surface area contributed by atoms with Crippen molar-refractivity contribution in [1.82, 2.24) is 0 Å². The van der Waals surface area contributed by atoms with E-state index in [1.54, 1.807) is 0 Å². The number of hydrogen-bond donors (Lipinski definition) is 1. The van der Waals surface area contributed by atoms with Crippen molar-refractivity contribution >= 4 is 5.91 Å². The number of hydrogen-bond acceptors (Lipinski definition) is 3. The van der Waals surface area contributed by atoms with Crippen LogP contribution in [0.3, 0.4) is 0 Å². The molecule has 0 aromatic heterocycles. The average Bonchev–Trinajstić information content (AvgIpc) is 2.49. The third kappa shape index (κ3) is 3.69. The van der Waals surface area contributed by atoms with E-state index < -0.39 is 0 Å². The Balaban J connectivity index is 1.91. The van der Waals surface area contributed by atoms with Crippen molar-refractivity contribution in [3.8, 4) is 0 Å². The average molecular weight is 173 g/mol. The van der Waals surface area contributed by atoms with Crippen LogP contribution >= 0.6 is 0 Å². The van der Waals surface area contributed by atoms with Gasteiger partial charge in [-0.05, 0) is 6.42 Å². The van der Waals surface area contributed by atoms with Crippen LogP contribution in [0.5, 0.6) is 0 Å². The number of amides is 1. The Morgan fingerprint density at radius 1 is 1.67 bits per heavy atom. The molecule has 0 saturated carbocycles. The summed E-state index contributed by atoms with van der Waals surface area (Å²) in [7, 11) is 0. The number of ether oxygens (including phenoxy) is 2. The lowest BCUT2D eigenvalue weighted by molar-refractivity contribution is -0.119. The highest BCUT2D eigenvalue weighted by atomic mass is 16.5.